The summed E-state index contributed by atoms with van der Waals surface area (Å²) in [5.41, 5.74) is 0.954. The number of nitrogens with zero attached hydrogens (tertiary/aromatic N) is 1. The highest BCUT2D eigenvalue weighted by atomic mass is 79.9. The number of benzene rings is 1. The SMILES string of the molecule is CC=Nc1ccc(Br)cc1Br. The van der Waals surface area contributed by atoms with Crippen molar-refractivity contribution >= 4 is 43.8 Å². The van der Waals surface area contributed by atoms with Crippen LogP contribution in [0.3, 0.4) is 0 Å². The molecule has 0 unspecified atom stereocenters. The van der Waals surface area contributed by atoms with Crippen molar-refractivity contribution < 1.29 is 0 Å². The van der Waals surface area contributed by atoms with Gasteiger partial charge in [-0.3, -0.25) is 4.99 Å². The predicted octanol–water partition coefficient (Wildman–Crippen LogP) is 3.93. The van der Waals surface area contributed by atoms with E-state index in [9.17, 15) is 0 Å². The molecule has 11 heavy (non-hydrogen) atoms. The van der Waals surface area contributed by atoms with Gasteiger partial charge >= 0.3 is 0 Å². The lowest BCUT2D eigenvalue weighted by Gasteiger charge is -1.96. The molecule has 0 amide bonds. The van der Waals surface area contributed by atoms with Crippen molar-refractivity contribution in [1.82, 2.24) is 0 Å². The molecule has 0 spiro atoms. The third-order valence-corrected chi connectivity index (χ3v) is 2.31. The molecule has 0 aliphatic rings. The van der Waals surface area contributed by atoms with Crippen LogP contribution < -0.4 is 0 Å². The first kappa shape index (κ1) is 8.94. The smallest absolute Gasteiger partial charge is 0.0768 e. The maximum absolute atomic E-state index is 4.15. The van der Waals surface area contributed by atoms with Gasteiger partial charge in [-0.05, 0) is 41.1 Å². The van der Waals surface area contributed by atoms with Gasteiger partial charge in [0.05, 0.1) is 5.69 Å². The van der Waals surface area contributed by atoms with E-state index in [-0.39, 0.29) is 0 Å². The number of hydrogen-bond acceptors (Lipinski definition) is 1. The van der Waals surface area contributed by atoms with Gasteiger partial charge in [-0.2, -0.15) is 0 Å². The minimum Gasteiger partial charge on any atom is -0.260 e. The monoisotopic (exact) mass is 275 g/mol. The molecule has 0 saturated heterocycles. The summed E-state index contributed by atoms with van der Waals surface area (Å²) in [6.45, 7) is 1.90. The largest absolute Gasteiger partial charge is 0.260 e. The molecule has 3 heteroatoms. The van der Waals surface area contributed by atoms with Crippen molar-refractivity contribution in [2.45, 2.75) is 6.92 Å². The molecule has 1 aromatic carbocycles. The highest BCUT2D eigenvalue weighted by Gasteiger charge is 1.95. The molecule has 1 rings (SSSR count). The lowest BCUT2D eigenvalue weighted by Crippen LogP contribution is -1.69. The Kier molecular flexibility index (Phi) is 3.27. The standard InChI is InChI=1S/C8H7Br2N/c1-2-11-8-4-3-6(9)5-7(8)10/h2-5H,1H3. The number of halogens is 2. The molecule has 0 fully saturated rings. The molecule has 0 aliphatic carbocycles. The summed E-state index contributed by atoms with van der Waals surface area (Å²) in [5, 5.41) is 0. The van der Waals surface area contributed by atoms with E-state index in [1.807, 2.05) is 25.1 Å². The van der Waals surface area contributed by atoms with Gasteiger partial charge in [0.2, 0.25) is 0 Å². The third-order valence-electron chi connectivity index (χ3n) is 1.18. The van der Waals surface area contributed by atoms with Crippen LogP contribution in [0.5, 0.6) is 0 Å². The topological polar surface area (TPSA) is 12.4 Å². The Labute approximate surface area is 82.8 Å². The summed E-state index contributed by atoms with van der Waals surface area (Å²) in [6, 6.07) is 5.89. The molecular formula is C8H7Br2N. The lowest BCUT2D eigenvalue weighted by atomic mass is 10.3. The molecule has 0 aliphatic heterocycles. The van der Waals surface area contributed by atoms with Gasteiger partial charge in [-0.25, -0.2) is 0 Å². The van der Waals surface area contributed by atoms with E-state index in [0.717, 1.165) is 14.6 Å². The summed E-state index contributed by atoms with van der Waals surface area (Å²) >= 11 is 6.77. The van der Waals surface area contributed by atoms with E-state index >= 15 is 0 Å². The van der Waals surface area contributed by atoms with Crippen LogP contribution in [0.25, 0.3) is 0 Å². The van der Waals surface area contributed by atoms with Gasteiger partial charge in [-0.15, -0.1) is 0 Å². The fourth-order valence-corrected chi connectivity index (χ4v) is 1.87. The van der Waals surface area contributed by atoms with Crippen LogP contribution in [-0.2, 0) is 0 Å². The third kappa shape index (κ3) is 2.42. The number of aliphatic imine (C=N–C) groups is 1. The van der Waals surface area contributed by atoms with Crippen LogP contribution in [0, 0.1) is 0 Å². The van der Waals surface area contributed by atoms with Gasteiger partial charge in [0.1, 0.15) is 0 Å². The summed E-state index contributed by atoms with van der Waals surface area (Å²) in [5.74, 6) is 0. The van der Waals surface area contributed by atoms with Crippen LogP contribution in [0.15, 0.2) is 32.1 Å². The van der Waals surface area contributed by atoms with Crippen LogP contribution >= 0.6 is 31.9 Å². The van der Waals surface area contributed by atoms with Crippen LogP contribution in [-0.4, -0.2) is 6.21 Å². The summed E-state index contributed by atoms with van der Waals surface area (Å²) < 4.78 is 2.06. The number of hydrogen-bond donors (Lipinski definition) is 0. The van der Waals surface area contributed by atoms with Crippen molar-refractivity contribution in [3.63, 3.8) is 0 Å². The molecule has 0 radical (unpaired) electrons. The van der Waals surface area contributed by atoms with E-state index in [0.29, 0.717) is 0 Å². The fourth-order valence-electron chi connectivity index (χ4n) is 0.725. The molecule has 1 nitrogen and oxygen atoms in total. The van der Waals surface area contributed by atoms with Gasteiger partial charge in [-0.1, -0.05) is 15.9 Å². The Hall–Kier alpha value is -0.150. The molecule has 1 aromatic rings. The molecule has 0 saturated carbocycles. The average Bonchev–Trinajstić information content (AvgIpc) is 1.95. The molecule has 0 heterocycles. The van der Waals surface area contributed by atoms with Gasteiger partial charge in [0.25, 0.3) is 0 Å². The molecule has 0 aromatic heterocycles. The van der Waals surface area contributed by atoms with Gasteiger partial charge < -0.3 is 0 Å². The zero-order chi connectivity index (χ0) is 8.27. The maximum atomic E-state index is 4.15. The number of rotatable bonds is 1. The van der Waals surface area contributed by atoms with Crippen LogP contribution in [0.1, 0.15) is 6.92 Å². The Morgan fingerprint density at radius 1 is 1.36 bits per heavy atom. The average molecular weight is 277 g/mol. The molecule has 0 bridgehead atoms. The fraction of sp³-hybridized carbons (Fsp3) is 0.125. The second-order valence-corrected chi connectivity index (χ2v) is 3.75. The lowest BCUT2D eigenvalue weighted by molar-refractivity contribution is 1.48. The quantitative estimate of drug-likeness (QED) is 0.689. The van der Waals surface area contributed by atoms with E-state index in [1.54, 1.807) is 6.21 Å². The Morgan fingerprint density at radius 3 is 2.64 bits per heavy atom. The minimum atomic E-state index is 0.954. The van der Waals surface area contributed by atoms with Crippen molar-refractivity contribution in [1.29, 1.82) is 0 Å². The molecule has 58 valence electrons. The second-order valence-electron chi connectivity index (χ2n) is 1.98. The first-order valence-electron chi connectivity index (χ1n) is 3.18. The Bertz CT molecular complexity index is 281. The normalized spacial score (nSPS) is 10.8. The van der Waals surface area contributed by atoms with Crippen LogP contribution in [0.2, 0.25) is 0 Å². The Morgan fingerprint density at radius 2 is 2.09 bits per heavy atom. The highest BCUT2D eigenvalue weighted by Crippen LogP contribution is 2.27. The van der Waals surface area contributed by atoms with E-state index < -0.39 is 0 Å². The van der Waals surface area contributed by atoms with Crippen molar-refractivity contribution in [2.75, 3.05) is 0 Å². The predicted molar refractivity (Wildman–Crippen MR) is 55.7 cm³/mol. The second kappa shape index (κ2) is 4.02. The summed E-state index contributed by atoms with van der Waals surface area (Å²) in [4.78, 5) is 4.15. The maximum Gasteiger partial charge on any atom is 0.0768 e. The molecular weight excluding hydrogens is 270 g/mol. The first-order chi connectivity index (χ1) is 5.24. The highest BCUT2D eigenvalue weighted by molar-refractivity contribution is 9.11. The van der Waals surface area contributed by atoms with E-state index in [1.165, 1.54) is 0 Å². The minimum absolute atomic E-state index is 0.954. The van der Waals surface area contributed by atoms with Crippen molar-refractivity contribution in [3.05, 3.63) is 27.1 Å². The summed E-state index contributed by atoms with van der Waals surface area (Å²) in [7, 11) is 0. The molecule has 0 N–H and O–H groups in total. The van der Waals surface area contributed by atoms with Crippen molar-refractivity contribution in [2.24, 2.45) is 4.99 Å². The van der Waals surface area contributed by atoms with E-state index in [4.69, 9.17) is 0 Å². The summed E-state index contributed by atoms with van der Waals surface area (Å²) in [6.07, 6.45) is 1.77. The Balaban J connectivity index is 3.09. The first-order valence-corrected chi connectivity index (χ1v) is 4.76. The zero-order valence-electron chi connectivity index (χ0n) is 6.01. The van der Waals surface area contributed by atoms with Gasteiger partial charge in [0, 0.05) is 15.2 Å². The zero-order valence-corrected chi connectivity index (χ0v) is 9.18. The van der Waals surface area contributed by atoms with Crippen molar-refractivity contribution in [3.8, 4) is 0 Å². The van der Waals surface area contributed by atoms with Crippen LogP contribution in [0.4, 0.5) is 5.69 Å². The van der Waals surface area contributed by atoms with E-state index in [2.05, 4.69) is 36.9 Å². The van der Waals surface area contributed by atoms with Gasteiger partial charge in [0.15, 0.2) is 0 Å². The molecule has 0 atom stereocenters.